The van der Waals surface area contributed by atoms with Gasteiger partial charge in [-0.25, -0.2) is 13.8 Å². The van der Waals surface area contributed by atoms with Gasteiger partial charge in [-0.1, -0.05) is 18.2 Å². The minimum atomic E-state index is -1.53. The van der Waals surface area contributed by atoms with Gasteiger partial charge in [0.05, 0.1) is 11.6 Å². The third kappa shape index (κ3) is 3.17. The van der Waals surface area contributed by atoms with Crippen molar-refractivity contribution in [1.82, 2.24) is 8.96 Å². The Bertz CT molecular complexity index is 1140. The monoisotopic (exact) mass is 399 g/mol. The highest BCUT2D eigenvalue weighted by atomic mass is 32.2. The van der Waals surface area contributed by atoms with Gasteiger partial charge in [0.1, 0.15) is 17.1 Å². The van der Waals surface area contributed by atoms with E-state index < -0.39 is 28.7 Å². The Morgan fingerprint density at radius 3 is 2.46 bits per heavy atom. The van der Waals surface area contributed by atoms with Crippen molar-refractivity contribution >= 4 is 28.1 Å². The van der Waals surface area contributed by atoms with Crippen molar-refractivity contribution in [2.24, 2.45) is 0 Å². The fraction of sp³-hybridized carbons (Fsp3) is 0.0500. The fourth-order valence-electron chi connectivity index (χ4n) is 2.92. The number of aromatic nitrogens is 2. The second-order valence-corrected chi connectivity index (χ2v) is 7.49. The van der Waals surface area contributed by atoms with Gasteiger partial charge in [0, 0.05) is 24.0 Å². The molecule has 8 heteroatoms. The summed E-state index contributed by atoms with van der Waals surface area (Å²) in [4.78, 5) is 4.89. The smallest absolute Gasteiger partial charge is 0.198 e. The molecule has 2 aromatic carbocycles. The van der Waals surface area contributed by atoms with E-state index >= 15 is 0 Å². The summed E-state index contributed by atoms with van der Waals surface area (Å²) in [5, 5.41) is 0.516. The largest absolute Gasteiger partial charge is 0.587 e. The van der Waals surface area contributed by atoms with E-state index in [-0.39, 0.29) is 11.4 Å². The molecular formula is C20H15F2N3O2S. The summed E-state index contributed by atoms with van der Waals surface area (Å²) in [6.45, 7) is 1.78. The van der Waals surface area contributed by atoms with Gasteiger partial charge in [-0.15, -0.1) is 3.97 Å². The van der Waals surface area contributed by atoms with E-state index in [1.165, 1.54) is 16.2 Å². The van der Waals surface area contributed by atoms with Crippen LogP contribution in [0.25, 0.3) is 11.0 Å². The van der Waals surface area contributed by atoms with Gasteiger partial charge < -0.3 is 15.0 Å². The molecule has 28 heavy (non-hydrogen) atoms. The van der Waals surface area contributed by atoms with Crippen molar-refractivity contribution in [3.05, 3.63) is 78.1 Å². The maximum absolute atomic E-state index is 14.1. The van der Waals surface area contributed by atoms with Gasteiger partial charge in [-0.3, -0.25) is 0 Å². The van der Waals surface area contributed by atoms with Gasteiger partial charge in [-0.2, -0.15) is 0 Å². The van der Waals surface area contributed by atoms with Crippen molar-refractivity contribution in [3.8, 4) is 11.5 Å². The first kappa shape index (κ1) is 18.3. The van der Waals surface area contributed by atoms with Crippen LogP contribution in [0, 0.1) is 18.6 Å². The Morgan fingerprint density at radius 1 is 1.11 bits per heavy atom. The molecule has 2 heterocycles. The lowest BCUT2D eigenvalue weighted by molar-refractivity contribution is 0.411. The molecule has 0 aliphatic carbocycles. The van der Waals surface area contributed by atoms with Crippen LogP contribution < -0.4 is 10.5 Å². The van der Waals surface area contributed by atoms with Gasteiger partial charge >= 0.3 is 0 Å². The number of hydrogen-bond acceptors (Lipinski definition) is 4. The summed E-state index contributed by atoms with van der Waals surface area (Å²) >= 11 is -1.53. The van der Waals surface area contributed by atoms with Crippen LogP contribution in [-0.4, -0.2) is 13.5 Å². The van der Waals surface area contributed by atoms with E-state index in [2.05, 4.69) is 4.98 Å². The van der Waals surface area contributed by atoms with Crippen LogP contribution in [0.5, 0.6) is 11.5 Å². The molecule has 4 rings (SSSR count). The number of aryl methyl sites for hydroxylation is 1. The lowest BCUT2D eigenvalue weighted by atomic mass is 10.2. The first-order chi connectivity index (χ1) is 13.5. The second kappa shape index (κ2) is 7.14. The zero-order valence-electron chi connectivity index (χ0n) is 14.7. The molecule has 0 saturated carbocycles. The van der Waals surface area contributed by atoms with Gasteiger partial charge in [0.25, 0.3) is 0 Å². The number of anilines is 1. The number of nitrogens with zero attached hydrogens (tertiary/aromatic N) is 2. The summed E-state index contributed by atoms with van der Waals surface area (Å²) in [6, 6.07) is 12.4. The van der Waals surface area contributed by atoms with Crippen LogP contribution in [0.2, 0.25) is 0 Å². The normalized spacial score (nSPS) is 12.3. The molecule has 142 valence electrons. The maximum atomic E-state index is 14.1. The van der Waals surface area contributed by atoms with Crippen LogP contribution in [0.15, 0.2) is 65.8 Å². The highest BCUT2D eigenvalue weighted by molar-refractivity contribution is 7.90. The predicted octanol–water partition coefficient (Wildman–Crippen LogP) is 4.57. The highest BCUT2D eigenvalue weighted by Gasteiger charge is 2.23. The summed E-state index contributed by atoms with van der Waals surface area (Å²) in [5.41, 5.74) is 6.50. The quantitative estimate of drug-likeness (QED) is 0.403. The average Bonchev–Trinajstić information content (AvgIpc) is 3.02. The highest BCUT2D eigenvalue weighted by Crippen LogP contribution is 2.36. The molecule has 0 aliphatic heterocycles. The van der Waals surface area contributed by atoms with Crippen molar-refractivity contribution in [2.75, 3.05) is 5.73 Å². The fourth-order valence-corrected chi connectivity index (χ4v) is 4.09. The number of halogens is 2. The van der Waals surface area contributed by atoms with Crippen LogP contribution in [0.1, 0.15) is 5.56 Å². The van der Waals surface area contributed by atoms with Gasteiger partial charge in [0.15, 0.2) is 27.9 Å². The Kier molecular flexibility index (Phi) is 4.66. The van der Waals surface area contributed by atoms with Crippen molar-refractivity contribution in [2.45, 2.75) is 11.8 Å². The molecule has 0 aliphatic rings. The SMILES string of the molecule is Cc1cn([S+]([O-])c2ccccc2)c2nccc(Oc3c(F)cc(N)cc3F)c12. The third-order valence-corrected chi connectivity index (χ3v) is 5.47. The summed E-state index contributed by atoms with van der Waals surface area (Å²) in [7, 11) is 0. The minimum absolute atomic E-state index is 0.0391. The number of fused-ring (bicyclic) bond motifs is 1. The Labute approximate surface area is 162 Å². The average molecular weight is 399 g/mol. The van der Waals surface area contributed by atoms with Crippen LogP contribution in [0.3, 0.4) is 0 Å². The van der Waals surface area contributed by atoms with E-state index in [0.717, 1.165) is 12.1 Å². The Hall–Kier alpha value is -3.10. The van der Waals surface area contributed by atoms with E-state index in [1.54, 1.807) is 37.4 Å². The van der Waals surface area contributed by atoms with Crippen LogP contribution in [-0.2, 0) is 11.4 Å². The predicted molar refractivity (Wildman–Crippen MR) is 104 cm³/mol. The first-order valence-corrected chi connectivity index (χ1v) is 9.42. The number of nitrogen functional groups attached to an aromatic ring is 1. The second-order valence-electron chi connectivity index (χ2n) is 6.12. The molecule has 1 unspecified atom stereocenters. The molecule has 0 radical (unpaired) electrons. The number of ether oxygens (including phenoxy) is 1. The topological polar surface area (TPSA) is 76.1 Å². The lowest BCUT2D eigenvalue weighted by Crippen LogP contribution is -2.12. The molecule has 2 N–H and O–H groups in total. The number of rotatable bonds is 4. The van der Waals surface area contributed by atoms with E-state index in [4.69, 9.17) is 10.5 Å². The van der Waals surface area contributed by atoms with E-state index in [9.17, 15) is 13.3 Å². The Morgan fingerprint density at radius 2 is 1.79 bits per heavy atom. The lowest BCUT2D eigenvalue weighted by Gasteiger charge is -2.12. The minimum Gasteiger partial charge on any atom is -0.587 e. The summed E-state index contributed by atoms with van der Waals surface area (Å²) in [6.07, 6.45) is 3.10. The molecule has 5 nitrogen and oxygen atoms in total. The number of nitrogens with two attached hydrogens (primary N) is 1. The van der Waals surface area contributed by atoms with E-state index in [1.807, 2.05) is 6.07 Å². The third-order valence-electron chi connectivity index (χ3n) is 4.16. The molecular weight excluding hydrogens is 384 g/mol. The molecule has 0 bridgehead atoms. The number of pyridine rings is 1. The maximum Gasteiger partial charge on any atom is 0.198 e. The summed E-state index contributed by atoms with van der Waals surface area (Å²) < 4.78 is 48.3. The van der Waals surface area contributed by atoms with Crippen molar-refractivity contribution in [1.29, 1.82) is 0 Å². The first-order valence-electron chi connectivity index (χ1n) is 8.32. The molecule has 0 amide bonds. The van der Waals surface area contributed by atoms with Crippen molar-refractivity contribution in [3.63, 3.8) is 0 Å². The Balaban J connectivity index is 1.81. The zero-order chi connectivity index (χ0) is 19.8. The molecule has 1 atom stereocenters. The van der Waals surface area contributed by atoms with Crippen LogP contribution in [0.4, 0.5) is 14.5 Å². The van der Waals surface area contributed by atoms with Crippen molar-refractivity contribution < 1.29 is 18.1 Å². The molecule has 2 aromatic heterocycles. The summed E-state index contributed by atoms with van der Waals surface area (Å²) in [5.74, 6) is -2.17. The number of benzene rings is 2. The zero-order valence-corrected chi connectivity index (χ0v) is 15.5. The van der Waals surface area contributed by atoms with Crippen LogP contribution >= 0.6 is 0 Å². The molecule has 0 saturated heterocycles. The van der Waals surface area contributed by atoms with E-state index in [0.29, 0.717) is 21.5 Å². The molecule has 4 aromatic rings. The molecule has 0 spiro atoms. The van der Waals surface area contributed by atoms with Gasteiger partial charge in [-0.05, 0) is 30.7 Å². The van der Waals surface area contributed by atoms with Gasteiger partial charge in [0.2, 0.25) is 0 Å². The standard InChI is InChI=1S/C20H15F2N3O2S/c1-12-11-25(28(26)14-5-3-2-4-6-14)20-18(12)17(7-8-24-20)27-19-15(21)9-13(23)10-16(19)22/h2-11H,23H2,1H3. The number of hydrogen-bond donors (Lipinski definition) is 1. The molecule has 0 fully saturated rings.